The predicted octanol–water partition coefficient (Wildman–Crippen LogP) is 3.43. The first-order valence-corrected chi connectivity index (χ1v) is 5.89. The Bertz CT molecular complexity index is 632. The first-order valence-electron chi connectivity index (χ1n) is 5.89. The van der Waals surface area contributed by atoms with Crippen LogP contribution in [0.15, 0.2) is 24.3 Å². The highest BCUT2D eigenvalue weighted by atomic mass is 19.2. The predicted molar refractivity (Wildman–Crippen MR) is 69.2 cm³/mol. The number of anilines is 1. The number of halogens is 3. The Hall–Kier alpha value is -2.24. The topological polar surface area (TPSA) is 34.1 Å². The number of rotatable bonds is 4. The lowest BCUT2D eigenvalue weighted by Gasteiger charge is -2.09. The van der Waals surface area contributed by atoms with Gasteiger partial charge in [-0.1, -0.05) is 0 Å². The van der Waals surface area contributed by atoms with Crippen molar-refractivity contribution in [2.24, 2.45) is 0 Å². The van der Waals surface area contributed by atoms with E-state index in [0.29, 0.717) is 17.5 Å². The van der Waals surface area contributed by atoms with E-state index >= 15 is 0 Å². The Labute approximate surface area is 114 Å². The van der Waals surface area contributed by atoms with Crippen LogP contribution in [0.3, 0.4) is 0 Å². The van der Waals surface area contributed by atoms with Crippen LogP contribution in [0.4, 0.5) is 18.9 Å². The molecule has 1 aromatic heterocycles. The minimum atomic E-state index is -1.22. The first-order chi connectivity index (χ1) is 9.49. The van der Waals surface area contributed by atoms with Crippen LogP contribution in [0.1, 0.15) is 11.4 Å². The molecule has 2 aromatic rings. The fourth-order valence-electron chi connectivity index (χ4n) is 1.76. The maximum atomic E-state index is 13.4. The SMILES string of the molecule is COc1cc(C)nc(CNc2cc(F)c(F)cc2F)c1. The fraction of sp³-hybridized carbons (Fsp3) is 0.214. The molecule has 0 saturated carbocycles. The summed E-state index contributed by atoms with van der Waals surface area (Å²) in [5, 5.41) is 2.68. The summed E-state index contributed by atoms with van der Waals surface area (Å²) in [5.74, 6) is -2.56. The third-order valence-corrected chi connectivity index (χ3v) is 2.69. The number of hydrogen-bond donors (Lipinski definition) is 1. The Balaban J connectivity index is 2.16. The first kappa shape index (κ1) is 14.2. The van der Waals surface area contributed by atoms with E-state index in [4.69, 9.17) is 4.74 Å². The van der Waals surface area contributed by atoms with Crippen molar-refractivity contribution < 1.29 is 17.9 Å². The molecule has 6 heteroatoms. The van der Waals surface area contributed by atoms with Gasteiger partial charge in [0.1, 0.15) is 11.6 Å². The van der Waals surface area contributed by atoms with Gasteiger partial charge in [-0.2, -0.15) is 0 Å². The molecule has 3 nitrogen and oxygen atoms in total. The lowest BCUT2D eigenvalue weighted by atomic mass is 10.2. The van der Waals surface area contributed by atoms with Gasteiger partial charge >= 0.3 is 0 Å². The molecule has 0 aliphatic carbocycles. The summed E-state index contributed by atoms with van der Waals surface area (Å²) in [5.41, 5.74) is 1.23. The second kappa shape index (κ2) is 5.81. The Morgan fingerprint density at radius 2 is 1.75 bits per heavy atom. The van der Waals surface area contributed by atoms with Crippen molar-refractivity contribution in [3.05, 3.63) is 53.1 Å². The summed E-state index contributed by atoms with van der Waals surface area (Å²) in [4.78, 5) is 4.23. The summed E-state index contributed by atoms with van der Waals surface area (Å²) in [6, 6.07) is 4.71. The zero-order valence-corrected chi connectivity index (χ0v) is 11.0. The van der Waals surface area contributed by atoms with E-state index in [1.807, 2.05) is 0 Å². The molecule has 1 heterocycles. The average molecular weight is 282 g/mol. The van der Waals surface area contributed by atoms with Gasteiger partial charge < -0.3 is 10.1 Å². The molecule has 0 aliphatic rings. The minimum absolute atomic E-state index is 0.119. The Morgan fingerprint density at radius 1 is 1.05 bits per heavy atom. The van der Waals surface area contributed by atoms with E-state index < -0.39 is 17.5 Å². The van der Waals surface area contributed by atoms with E-state index in [1.165, 1.54) is 7.11 Å². The van der Waals surface area contributed by atoms with Gasteiger partial charge in [-0.3, -0.25) is 4.98 Å². The molecule has 0 bridgehead atoms. The second-order valence-electron chi connectivity index (χ2n) is 4.24. The molecule has 0 fully saturated rings. The molecule has 0 spiro atoms. The van der Waals surface area contributed by atoms with E-state index in [2.05, 4.69) is 10.3 Å². The zero-order chi connectivity index (χ0) is 14.7. The molecule has 2 rings (SSSR count). The fourth-order valence-corrected chi connectivity index (χ4v) is 1.76. The molecule has 1 aromatic carbocycles. The summed E-state index contributed by atoms with van der Waals surface area (Å²) >= 11 is 0. The highest BCUT2D eigenvalue weighted by molar-refractivity contribution is 5.45. The van der Waals surface area contributed by atoms with E-state index in [9.17, 15) is 13.2 Å². The van der Waals surface area contributed by atoms with Crippen molar-refractivity contribution in [1.29, 1.82) is 0 Å². The van der Waals surface area contributed by atoms with E-state index in [-0.39, 0.29) is 12.2 Å². The van der Waals surface area contributed by atoms with Crippen LogP contribution in [0.25, 0.3) is 0 Å². The molecule has 1 N–H and O–H groups in total. The number of ether oxygens (including phenoxy) is 1. The standard InChI is InChI=1S/C14H13F3N2O/c1-8-3-10(20-2)4-9(19-8)7-18-14-6-12(16)11(15)5-13(14)17/h3-6,18H,7H2,1-2H3. The van der Waals surface area contributed by atoms with Crippen molar-refractivity contribution in [2.75, 3.05) is 12.4 Å². The van der Waals surface area contributed by atoms with Crippen LogP contribution in [0.2, 0.25) is 0 Å². The number of pyridine rings is 1. The van der Waals surface area contributed by atoms with E-state index in [1.54, 1.807) is 19.1 Å². The number of aryl methyl sites for hydroxylation is 1. The van der Waals surface area contributed by atoms with Crippen LogP contribution < -0.4 is 10.1 Å². The summed E-state index contributed by atoms with van der Waals surface area (Å²) in [7, 11) is 1.53. The maximum absolute atomic E-state index is 13.4. The van der Waals surface area contributed by atoms with Crippen LogP contribution in [-0.4, -0.2) is 12.1 Å². The maximum Gasteiger partial charge on any atom is 0.161 e. The summed E-state index contributed by atoms with van der Waals surface area (Å²) in [6.07, 6.45) is 0. The molecule has 0 atom stereocenters. The highest BCUT2D eigenvalue weighted by Crippen LogP contribution is 2.20. The van der Waals surface area contributed by atoms with Crippen molar-refractivity contribution >= 4 is 5.69 Å². The highest BCUT2D eigenvalue weighted by Gasteiger charge is 2.10. The van der Waals surface area contributed by atoms with Crippen molar-refractivity contribution in [2.45, 2.75) is 13.5 Å². The van der Waals surface area contributed by atoms with Gasteiger partial charge in [0.25, 0.3) is 0 Å². The number of nitrogens with zero attached hydrogens (tertiary/aromatic N) is 1. The third-order valence-electron chi connectivity index (χ3n) is 2.69. The minimum Gasteiger partial charge on any atom is -0.497 e. The molecular formula is C14H13F3N2O. The normalized spacial score (nSPS) is 10.4. The average Bonchev–Trinajstić information content (AvgIpc) is 2.40. The second-order valence-corrected chi connectivity index (χ2v) is 4.24. The monoisotopic (exact) mass is 282 g/mol. The molecule has 106 valence electrons. The van der Waals surface area contributed by atoms with Gasteiger partial charge in [-0.05, 0) is 6.92 Å². The van der Waals surface area contributed by atoms with Crippen molar-refractivity contribution in [3.8, 4) is 5.75 Å². The summed E-state index contributed by atoms with van der Waals surface area (Å²) in [6.45, 7) is 1.96. The zero-order valence-electron chi connectivity index (χ0n) is 11.0. The molecule has 0 unspecified atom stereocenters. The van der Waals surface area contributed by atoms with Gasteiger partial charge in [0, 0.05) is 30.0 Å². The molecular weight excluding hydrogens is 269 g/mol. The number of methoxy groups -OCH3 is 1. The van der Waals surface area contributed by atoms with Gasteiger partial charge in [0.2, 0.25) is 0 Å². The van der Waals surface area contributed by atoms with Crippen molar-refractivity contribution in [3.63, 3.8) is 0 Å². The molecule has 0 saturated heterocycles. The molecule has 0 radical (unpaired) electrons. The number of hydrogen-bond acceptors (Lipinski definition) is 3. The molecule has 20 heavy (non-hydrogen) atoms. The van der Waals surface area contributed by atoms with Gasteiger partial charge in [-0.15, -0.1) is 0 Å². The smallest absolute Gasteiger partial charge is 0.161 e. The van der Waals surface area contributed by atoms with Crippen LogP contribution in [-0.2, 0) is 6.54 Å². The van der Waals surface area contributed by atoms with Gasteiger partial charge in [0.05, 0.1) is 25.0 Å². The molecule has 0 amide bonds. The lowest BCUT2D eigenvalue weighted by molar-refractivity contribution is 0.413. The van der Waals surface area contributed by atoms with E-state index in [0.717, 1.165) is 11.8 Å². The van der Waals surface area contributed by atoms with Crippen molar-refractivity contribution in [1.82, 2.24) is 4.98 Å². The quantitative estimate of drug-likeness (QED) is 0.872. The largest absolute Gasteiger partial charge is 0.497 e. The number of nitrogens with one attached hydrogen (secondary N) is 1. The van der Waals surface area contributed by atoms with Crippen LogP contribution in [0.5, 0.6) is 5.75 Å². The van der Waals surface area contributed by atoms with Gasteiger partial charge in [0.15, 0.2) is 11.6 Å². The van der Waals surface area contributed by atoms with Crippen LogP contribution in [0, 0.1) is 24.4 Å². The molecule has 0 aliphatic heterocycles. The number of aromatic nitrogens is 1. The number of benzene rings is 1. The third kappa shape index (κ3) is 3.20. The lowest BCUT2D eigenvalue weighted by Crippen LogP contribution is -2.05. The Morgan fingerprint density at radius 3 is 2.45 bits per heavy atom. The van der Waals surface area contributed by atoms with Gasteiger partial charge in [-0.25, -0.2) is 13.2 Å². The Kier molecular flexibility index (Phi) is 4.12. The van der Waals surface area contributed by atoms with Crippen LogP contribution >= 0.6 is 0 Å². The summed E-state index contributed by atoms with van der Waals surface area (Å²) < 4.78 is 44.4.